The van der Waals surface area contributed by atoms with Gasteiger partial charge in [-0.25, -0.2) is 8.42 Å². The van der Waals surface area contributed by atoms with Gasteiger partial charge in [0.15, 0.2) is 0 Å². The van der Waals surface area contributed by atoms with E-state index in [4.69, 9.17) is 4.74 Å². The van der Waals surface area contributed by atoms with Crippen LogP contribution in [0.5, 0.6) is 0 Å². The van der Waals surface area contributed by atoms with Crippen LogP contribution in [-0.4, -0.2) is 54.4 Å². The molecule has 9 heteroatoms. The number of benzene rings is 2. The van der Waals surface area contributed by atoms with Crippen molar-refractivity contribution >= 4 is 21.9 Å². The molecule has 4 rings (SSSR count). The Kier molecular flexibility index (Phi) is 6.56. The maximum absolute atomic E-state index is 13.3. The van der Waals surface area contributed by atoms with Crippen molar-refractivity contribution in [1.29, 1.82) is 0 Å². The number of esters is 1. The molecule has 1 saturated heterocycles. The van der Waals surface area contributed by atoms with Gasteiger partial charge < -0.3 is 15.2 Å². The topological polar surface area (TPSA) is 113 Å². The van der Waals surface area contributed by atoms with Gasteiger partial charge in [0.05, 0.1) is 11.0 Å². The molecule has 2 aromatic rings. The molecule has 2 aromatic carbocycles. The fourth-order valence-corrected chi connectivity index (χ4v) is 5.59. The predicted molar refractivity (Wildman–Crippen MR) is 121 cm³/mol. The number of sulfonamides is 1. The molecule has 0 bridgehead atoms. The molecule has 3 atom stereocenters. The molecule has 2 aliphatic rings. The highest BCUT2D eigenvalue weighted by molar-refractivity contribution is 7.89. The Morgan fingerprint density at radius 3 is 2.42 bits per heavy atom. The molecule has 2 unspecified atom stereocenters. The van der Waals surface area contributed by atoms with Gasteiger partial charge in [-0.3, -0.25) is 9.59 Å². The second-order valence-electron chi connectivity index (χ2n) is 8.74. The summed E-state index contributed by atoms with van der Waals surface area (Å²) in [6.45, 7) is 3.46. The number of aryl methyl sites for hydroxylation is 2. The van der Waals surface area contributed by atoms with Gasteiger partial charge in [-0.2, -0.15) is 4.31 Å². The van der Waals surface area contributed by atoms with Crippen LogP contribution in [0.25, 0.3) is 0 Å². The minimum Gasteiger partial charge on any atom is -0.446 e. The van der Waals surface area contributed by atoms with Crippen molar-refractivity contribution in [3.05, 3.63) is 65.2 Å². The molecule has 0 radical (unpaired) electrons. The molecule has 1 aliphatic heterocycles. The molecule has 0 spiro atoms. The number of hydrogen-bond donors (Lipinski definition) is 2. The number of aliphatic hydroxyl groups is 1. The van der Waals surface area contributed by atoms with Crippen molar-refractivity contribution in [2.45, 2.75) is 62.3 Å². The van der Waals surface area contributed by atoms with Gasteiger partial charge in [-0.15, -0.1) is 0 Å². The lowest BCUT2D eigenvalue weighted by Crippen LogP contribution is -2.43. The zero-order chi connectivity index (χ0) is 23.8. The minimum atomic E-state index is -4.06. The van der Waals surface area contributed by atoms with Crippen molar-refractivity contribution in [2.24, 2.45) is 0 Å². The summed E-state index contributed by atoms with van der Waals surface area (Å²) in [6, 6.07) is 12.2. The molecular formula is C24H28N2O6S. The number of ether oxygens (including phenoxy) is 1. The molecule has 1 saturated carbocycles. The molecule has 1 aliphatic carbocycles. The van der Waals surface area contributed by atoms with E-state index in [1.54, 1.807) is 42.5 Å². The summed E-state index contributed by atoms with van der Waals surface area (Å²) in [5.41, 5.74) is 2.24. The van der Waals surface area contributed by atoms with Gasteiger partial charge in [0.25, 0.3) is 5.91 Å². The van der Waals surface area contributed by atoms with Gasteiger partial charge in [0, 0.05) is 24.6 Å². The number of carbonyl (C=O) groups excluding carboxylic acids is 2. The maximum atomic E-state index is 13.3. The van der Waals surface area contributed by atoms with Crippen molar-refractivity contribution < 1.29 is 27.9 Å². The quantitative estimate of drug-likeness (QED) is 0.596. The van der Waals surface area contributed by atoms with E-state index in [1.807, 2.05) is 13.8 Å². The Balaban J connectivity index is 1.59. The van der Waals surface area contributed by atoms with Gasteiger partial charge in [0.1, 0.15) is 6.04 Å². The Morgan fingerprint density at radius 2 is 1.79 bits per heavy atom. The first kappa shape index (κ1) is 23.4. The second-order valence-corrected chi connectivity index (χ2v) is 10.6. The van der Waals surface area contributed by atoms with Crippen LogP contribution in [-0.2, 0) is 24.3 Å². The van der Waals surface area contributed by atoms with E-state index < -0.39 is 40.1 Å². The Hall–Kier alpha value is -2.75. The highest BCUT2D eigenvalue weighted by atomic mass is 32.2. The number of aliphatic hydroxyl groups excluding tert-OH is 1. The lowest BCUT2D eigenvalue weighted by Gasteiger charge is -2.25. The van der Waals surface area contributed by atoms with Crippen molar-refractivity contribution in [2.75, 3.05) is 6.54 Å². The second kappa shape index (κ2) is 9.24. The first-order valence-corrected chi connectivity index (χ1v) is 12.4. The first-order valence-electron chi connectivity index (χ1n) is 11.0. The summed E-state index contributed by atoms with van der Waals surface area (Å²) < 4.78 is 33.2. The minimum absolute atomic E-state index is 0.0450. The van der Waals surface area contributed by atoms with Crippen molar-refractivity contribution in [3.63, 3.8) is 0 Å². The number of nitrogens with one attached hydrogen (secondary N) is 1. The number of β-amino-alcohol motifs (C(OH)–C–C–N with tert-alkyl or cyclic N) is 1. The lowest BCUT2D eigenvalue weighted by molar-refractivity contribution is -0.159. The van der Waals surface area contributed by atoms with E-state index in [-0.39, 0.29) is 23.9 Å². The van der Waals surface area contributed by atoms with Crippen LogP contribution in [0.2, 0.25) is 0 Å². The monoisotopic (exact) mass is 472 g/mol. The van der Waals surface area contributed by atoms with Crippen LogP contribution >= 0.6 is 0 Å². The lowest BCUT2D eigenvalue weighted by atomic mass is 10.1. The van der Waals surface area contributed by atoms with Gasteiger partial charge >= 0.3 is 5.97 Å². The SMILES string of the molecule is Cc1ccc(S(=O)(=O)N2CC(O)C[C@H]2C(=O)OC(C(=O)NC2CC2)c2ccccc2)cc1C. The molecule has 1 amide bonds. The van der Waals surface area contributed by atoms with Crippen LogP contribution in [0, 0.1) is 13.8 Å². The van der Waals surface area contributed by atoms with Crippen LogP contribution in [0.1, 0.15) is 42.1 Å². The number of hydrogen-bond acceptors (Lipinski definition) is 6. The summed E-state index contributed by atoms with van der Waals surface area (Å²) in [5, 5.41) is 13.1. The van der Waals surface area contributed by atoms with Crippen LogP contribution in [0.3, 0.4) is 0 Å². The zero-order valence-electron chi connectivity index (χ0n) is 18.6. The van der Waals surface area contributed by atoms with Crippen molar-refractivity contribution in [3.8, 4) is 0 Å². The Morgan fingerprint density at radius 1 is 1.09 bits per heavy atom. The molecule has 2 fully saturated rings. The van der Waals surface area contributed by atoms with Gasteiger partial charge in [-0.1, -0.05) is 36.4 Å². The first-order chi connectivity index (χ1) is 15.7. The summed E-state index contributed by atoms with van der Waals surface area (Å²) in [7, 11) is -4.06. The van der Waals surface area contributed by atoms with Crippen molar-refractivity contribution in [1.82, 2.24) is 9.62 Å². The van der Waals surface area contributed by atoms with E-state index in [2.05, 4.69) is 5.32 Å². The third-order valence-corrected chi connectivity index (χ3v) is 7.96. The summed E-state index contributed by atoms with van der Waals surface area (Å²) in [5.74, 6) is -1.31. The van der Waals surface area contributed by atoms with Crippen LogP contribution in [0.4, 0.5) is 0 Å². The van der Waals surface area contributed by atoms with Crippen LogP contribution < -0.4 is 5.32 Å². The summed E-state index contributed by atoms with van der Waals surface area (Å²) in [6.07, 6.45) is -0.576. The van der Waals surface area contributed by atoms with E-state index in [1.165, 1.54) is 6.07 Å². The zero-order valence-corrected chi connectivity index (χ0v) is 19.4. The molecule has 2 N–H and O–H groups in total. The number of amides is 1. The fraction of sp³-hybridized carbons (Fsp3) is 0.417. The van der Waals surface area contributed by atoms with Gasteiger partial charge in [0.2, 0.25) is 16.1 Å². The average Bonchev–Trinajstić information content (AvgIpc) is 3.51. The third-order valence-electron chi connectivity index (χ3n) is 6.09. The Labute approximate surface area is 193 Å². The molecular weight excluding hydrogens is 444 g/mol. The molecule has 1 heterocycles. The summed E-state index contributed by atoms with van der Waals surface area (Å²) in [4.78, 5) is 26.0. The number of rotatable bonds is 7. The number of carbonyl (C=O) groups is 2. The van der Waals surface area contributed by atoms with Crippen LogP contribution in [0.15, 0.2) is 53.4 Å². The van der Waals surface area contributed by atoms with Gasteiger partial charge in [-0.05, 0) is 49.9 Å². The summed E-state index contributed by atoms with van der Waals surface area (Å²) >= 11 is 0. The fourth-order valence-electron chi connectivity index (χ4n) is 3.87. The molecule has 8 nitrogen and oxygen atoms in total. The van der Waals surface area contributed by atoms with E-state index in [9.17, 15) is 23.1 Å². The van der Waals surface area contributed by atoms with E-state index in [0.29, 0.717) is 5.56 Å². The molecule has 33 heavy (non-hydrogen) atoms. The van der Waals surface area contributed by atoms with E-state index in [0.717, 1.165) is 28.3 Å². The standard InChI is InChI=1S/C24H28N2O6S/c1-15-8-11-20(12-16(15)2)33(30,31)26-14-19(27)13-21(26)24(29)32-22(17-6-4-3-5-7-17)23(28)25-18-9-10-18/h3-8,11-12,18-19,21-22,27H,9-10,13-14H2,1-2H3,(H,25,28)/t19?,21-,22?/m0/s1. The average molecular weight is 473 g/mol. The van der Waals surface area contributed by atoms with E-state index >= 15 is 0 Å². The normalized spacial score (nSPS) is 22.0. The number of nitrogens with zero attached hydrogens (tertiary/aromatic N) is 1. The Bertz CT molecular complexity index is 1150. The highest BCUT2D eigenvalue weighted by Gasteiger charge is 2.45. The predicted octanol–water partition coefficient (Wildman–Crippen LogP) is 1.99. The molecule has 176 valence electrons. The maximum Gasteiger partial charge on any atom is 0.325 e. The smallest absolute Gasteiger partial charge is 0.325 e. The third kappa shape index (κ3) is 5.10. The molecule has 0 aromatic heterocycles. The highest BCUT2D eigenvalue weighted by Crippen LogP contribution is 2.30. The largest absolute Gasteiger partial charge is 0.446 e.